The molecule has 1 amide bonds. The van der Waals surface area contributed by atoms with Gasteiger partial charge in [0.25, 0.3) is 6.43 Å². The fourth-order valence-corrected chi connectivity index (χ4v) is 4.44. The maximum Gasteiger partial charge on any atom is 0.264 e. The van der Waals surface area contributed by atoms with Crippen LogP contribution in [-0.4, -0.2) is 40.2 Å². The largest absolute Gasteiger partial charge is 0.306 e. The summed E-state index contributed by atoms with van der Waals surface area (Å²) in [5, 5.41) is 16.4. The van der Waals surface area contributed by atoms with Gasteiger partial charge in [-0.1, -0.05) is 41.4 Å². The topological polar surface area (TPSA) is 95.5 Å². The highest BCUT2D eigenvalue weighted by Crippen LogP contribution is 2.33. The van der Waals surface area contributed by atoms with Crippen molar-refractivity contribution in [2.45, 2.75) is 26.4 Å². The van der Waals surface area contributed by atoms with Crippen molar-refractivity contribution in [1.82, 2.24) is 34.3 Å². The van der Waals surface area contributed by atoms with E-state index in [0.717, 1.165) is 5.56 Å². The number of aromatic nitrogens is 7. The summed E-state index contributed by atoms with van der Waals surface area (Å²) < 4.78 is 32.3. The molecule has 1 N–H and O–H groups in total. The van der Waals surface area contributed by atoms with Crippen LogP contribution in [0.4, 0.5) is 14.6 Å². The van der Waals surface area contributed by atoms with E-state index in [2.05, 4.69) is 25.6 Å². The van der Waals surface area contributed by atoms with E-state index in [0.29, 0.717) is 28.5 Å². The van der Waals surface area contributed by atoms with Crippen molar-refractivity contribution in [3.05, 3.63) is 75.8 Å². The highest BCUT2D eigenvalue weighted by Gasteiger charge is 2.23. The fraction of sp³-hybridized carbons (Fsp3) is 0.208. The number of hydrogen-bond acceptors (Lipinski definition) is 5. The number of carbonyl (C=O) groups excluding carboxylic acids is 1. The summed E-state index contributed by atoms with van der Waals surface area (Å²) in [6.07, 6.45) is 2.02. The Kier molecular flexibility index (Phi) is 6.65. The molecule has 0 spiro atoms. The average Bonchev–Trinajstić information content (AvgIpc) is 3.52. The summed E-state index contributed by atoms with van der Waals surface area (Å²) in [5.41, 5.74) is 2.00. The maximum atomic E-state index is 14.0. The third kappa shape index (κ3) is 5.05. The van der Waals surface area contributed by atoms with Crippen LogP contribution in [0.15, 0.2) is 48.9 Å². The summed E-state index contributed by atoms with van der Waals surface area (Å²) in [5.74, 6) is -0.342. The number of nitrogens with zero attached hydrogens (tertiary/aromatic N) is 7. The lowest BCUT2D eigenvalue weighted by Gasteiger charge is -2.08. The minimum Gasteiger partial charge on any atom is -0.306 e. The van der Waals surface area contributed by atoms with Crippen LogP contribution in [0.1, 0.15) is 23.2 Å². The maximum absolute atomic E-state index is 14.0. The second kappa shape index (κ2) is 9.91. The van der Waals surface area contributed by atoms with E-state index < -0.39 is 12.3 Å². The Morgan fingerprint density at radius 3 is 2.62 bits per heavy atom. The summed E-state index contributed by atoms with van der Waals surface area (Å²) in [4.78, 5) is 17.4. The molecule has 5 aromatic rings. The van der Waals surface area contributed by atoms with Gasteiger partial charge in [-0.25, -0.2) is 18.4 Å². The lowest BCUT2D eigenvalue weighted by atomic mass is 10.1. The van der Waals surface area contributed by atoms with Gasteiger partial charge in [-0.2, -0.15) is 15.3 Å². The van der Waals surface area contributed by atoms with Crippen molar-refractivity contribution in [3.8, 4) is 11.3 Å². The number of nitrogens with one attached hydrogen (secondary N) is 1. The van der Waals surface area contributed by atoms with E-state index in [4.69, 9.17) is 23.2 Å². The predicted octanol–water partition coefficient (Wildman–Crippen LogP) is 5.27. The van der Waals surface area contributed by atoms with Crippen LogP contribution < -0.4 is 5.32 Å². The lowest BCUT2D eigenvalue weighted by molar-refractivity contribution is -0.116. The number of hydrogen-bond donors (Lipinski definition) is 1. The van der Waals surface area contributed by atoms with Gasteiger partial charge in [0.15, 0.2) is 11.5 Å². The molecule has 190 valence electrons. The van der Waals surface area contributed by atoms with Gasteiger partial charge in [0.1, 0.15) is 11.6 Å². The number of rotatable bonds is 7. The molecule has 0 bridgehead atoms. The number of benzene rings is 1. The normalized spacial score (nSPS) is 11.5. The number of pyridine rings is 1. The Morgan fingerprint density at radius 1 is 1.14 bits per heavy atom. The summed E-state index contributed by atoms with van der Waals surface area (Å²) in [6, 6.07) is 8.65. The van der Waals surface area contributed by atoms with Crippen LogP contribution in [0.2, 0.25) is 10.0 Å². The molecule has 37 heavy (non-hydrogen) atoms. The Labute approximate surface area is 219 Å². The summed E-state index contributed by atoms with van der Waals surface area (Å²) >= 11 is 12.5. The number of halogens is 4. The Hall–Kier alpha value is -3.83. The number of carbonyl (C=O) groups is 1. The molecule has 5 rings (SSSR count). The van der Waals surface area contributed by atoms with Crippen molar-refractivity contribution < 1.29 is 13.6 Å². The number of fused-ring (bicyclic) bond motifs is 1. The second-order valence-electron chi connectivity index (χ2n) is 8.40. The van der Waals surface area contributed by atoms with Crippen molar-refractivity contribution in [2.24, 2.45) is 7.05 Å². The Bertz CT molecular complexity index is 1620. The van der Waals surface area contributed by atoms with E-state index in [1.165, 1.54) is 16.9 Å². The molecular formula is C24H20Cl2F2N8O. The van der Waals surface area contributed by atoms with Gasteiger partial charge < -0.3 is 5.32 Å². The minimum absolute atomic E-state index is 0.157. The highest BCUT2D eigenvalue weighted by molar-refractivity contribution is 6.33. The molecule has 0 saturated carbocycles. The zero-order valence-electron chi connectivity index (χ0n) is 19.7. The molecule has 4 heterocycles. The number of aryl methyl sites for hydroxylation is 2. The number of alkyl halides is 2. The van der Waals surface area contributed by atoms with Gasteiger partial charge in [0.2, 0.25) is 5.91 Å². The first kappa shape index (κ1) is 24.8. The Balaban J connectivity index is 1.42. The van der Waals surface area contributed by atoms with Gasteiger partial charge in [0.05, 0.1) is 29.5 Å². The van der Waals surface area contributed by atoms with E-state index in [1.54, 1.807) is 41.8 Å². The van der Waals surface area contributed by atoms with Crippen LogP contribution in [0.3, 0.4) is 0 Å². The molecular weight excluding hydrogens is 525 g/mol. The summed E-state index contributed by atoms with van der Waals surface area (Å²) in [6.45, 7) is 1.67. The van der Waals surface area contributed by atoms with Gasteiger partial charge in [-0.05, 0) is 24.6 Å². The number of anilines is 1. The zero-order valence-corrected chi connectivity index (χ0v) is 21.2. The number of amides is 1. The molecule has 0 aliphatic heterocycles. The molecule has 9 nitrogen and oxygen atoms in total. The molecule has 0 radical (unpaired) electrons. The van der Waals surface area contributed by atoms with Crippen molar-refractivity contribution in [1.29, 1.82) is 0 Å². The molecule has 0 aliphatic rings. The molecule has 0 unspecified atom stereocenters. The molecule has 1 aromatic carbocycles. The molecule has 0 atom stereocenters. The van der Waals surface area contributed by atoms with Gasteiger partial charge in [-0.15, -0.1) is 0 Å². The smallest absolute Gasteiger partial charge is 0.264 e. The molecule has 13 heteroatoms. The average molecular weight is 545 g/mol. The summed E-state index contributed by atoms with van der Waals surface area (Å²) in [7, 11) is 1.72. The van der Waals surface area contributed by atoms with Crippen LogP contribution in [0, 0.1) is 6.92 Å². The van der Waals surface area contributed by atoms with Crippen LogP contribution in [-0.2, 0) is 24.9 Å². The fourth-order valence-electron chi connectivity index (χ4n) is 4.04. The van der Waals surface area contributed by atoms with Crippen LogP contribution >= 0.6 is 23.2 Å². The molecule has 0 saturated heterocycles. The van der Waals surface area contributed by atoms with Gasteiger partial charge in [0, 0.05) is 35.6 Å². The van der Waals surface area contributed by atoms with E-state index >= 15 is 0 Å². The third-order valence-corrected chi connectivity index (χ3v) is 6.35. The highest BCUT2D eigenvalue weighted by atomic mass is 35.5. The first-order chi connectivity index (χ1) is 17.7. The Morgan fingerprint density at radius 2 is 1.92 bits per heavy atom. The van der Waals surface area contributed by atoms with Crippen LogP contribution in [0.5, 0.6) is 0 Å². The van der Waals surface area contributed by atoms with Crippen LogP contribution in [0.25, 0.3) is 22.3 Å². The molecule has 0 aliphatic carbocycles. The first-order valence-electron chi connectivity index (χ1n) is 11.1. The SMILES string of the molecule is Cc1nn(CC(=O)Nc2nn(Cc3ccccc3Cl)cc2Cl)c2nc(-c3cnn(C)c3)cc(C(F)F)c12. The van der Waals surface area contributed by atoms with E-state index in [9.17, 15) is 13.6 Å². The van der Waals surface area contributed by atoms with Crippen molar-refractivity contribution in [2.75, 3.05) is 5.32 Å². The van der Waals surface area contributed by atoms with Crippen molar-refractivity contribution >= 4 is 46.0 Å². The van der Waals surface area contributed by atoms with E-state index in [-0.39, 0.29) is 34.0 Å². The first-order valence-corrected chi connectivity index (χ1v) is 11.9. The van der Waals surface area contributed by atoms with Gasteiger partial charge in [-0.3, -0.25) is 14.2 Å². The van der Waals surface area contributed by atoms with E-state index in [1.807, 2.05) is 18.2 Å². The quantitative estimate of drug-likeness (QED) is 0.301. The minimum atomic E-state index is -2.76. The van der Waals surface area contributed by atoms with Gasteiger partial charge >= 0.3 is 0 Å². The molecule has 4 aromatic heterocycles. The monoisotopic (exact) mass is 544 g/mol. The second-order valence-corrected chi connectivity index (χ2v) is 9.22. The standard InChI is InChI=1S/C24H20Cl2F2N8O/c1-13-21-16(22(27)28)7-19(15-8-29-34(2)9-15)30-24(21)36(32-13)12-20(37)31-23-18(26)11-35(33-23)10-14-5-3-4-6-17(14)25/h3-9,11,22H,10,12H2,1-2H3,(H,31,33,37). The lowest BCUT2D eigenvalue weighted by Crippen LogP contribution is -2.20. The zero-order chi connectivity index (χ0) is 26.3. The predicted molar refractivity (Wildman–Crippen MR) is 136 cm³/mol. The van der Waals surface area contributed by atoms with Crippen molar-refractivity contribution in [3.63, 3.8) is 0 Å². The molecule has 0 fully saturated rings. The third-order valence-electron chi connectivity index (χ3n) is 5.70.